The van der Waals surface area contributed by atoms with Crippen LogP contribution in [0.15, 0.2) is 60.9 Å². The molecule has 0 fully saturated rings. The first kappa shape index (κ1) is 14.7. The standard InChI is InChI=1S/C18H14N2O3/c1-22-17(21)10-8-13-7-9-16-15(11-13)18(20-12-19-16)23-14-5-3-2-4-6-14/h2-12H,1H3. The number of fused-ring (bicyclic) bond motifs is 1. The molecule has 0 radical (unpaired) electrons. The van der Waals surface area contributed by atoms with Crippen LogP contribution in [-0.4, -0.2) is 23.0 Å². The van der Waals surface area contributed by atoms with Crippen LogP contribution in [0, 0.1) is 0 Å². The third kappa shape index (κ3) is 3.52. The van der Waals surface area contributed by atoms with Gasteiger partial charge in [-0.25, -0.2) is 14.8 Å². The van der Waals surface area contributed by atoms with E-state index < -0.39 is 5.97 Å². The third-order valence-electron chi connectivity index (χ3n) is 3.19. The van der Waals surface area contributed by atoms with Crippen LogP contribution in [0.5, 0.6) is 11.6 Å². The number of rotatable bonds is 4. The Kier molecular flexibility index (Phi) is 4.29. The lowest BCUT2D eigenvalue weighted by molar-refractivity contribution is -0.134. The Hall–Kier alpha value is -3.21. The molecule has 0 saturated heterocycles. The summed E-state index contributed by atoms with van der Waals surface area (Å²) in [7, 11) is 1.34. The summed E-state index contributed by atoms with van der Waals surface area (Å²) < 4.78 is 10.4. The van der Waals surface area contributed by atoms with E-state index in [-0.39, 0.29) is 0 Å². The molecule has 0 saturated carbocycles. The van der Waals surface area contributed by atoms with Gasteiger partial charge in [-0.15, -0.1) is 0 Å². The van der Waals surface area contributed by atoms with Gasteiger partial charge in [-0.05, 0) is 35.9 Å². The Morgan fingerprint density at radius 3 is 2.70 bits per heavy atom. The van der Waals surface area contributed by atoms with Crippen molar-refractivity contribution >= 4 is 22.9 Å². The molecule has 5 nitrogen and oxygen atoms in total. The second kappa shape index (κ2) is 6.70. The molecule has 0 aliphatic heterocycles. The number of para-hydroxylation sites is 1. The molecular weight excluding hydrogens is 292 g/mol. The summed E-state index contributed by atoms with van der Waals surface area (Å²) in [6, 6.07) is 15.0. The summed E-state index contributed by atoms with van der Waals surface area (Å²) in [5, 5.41) is 0.767. The van der Waals surface area contributed by atoms with E-state index in [2.05, 4.69) is 14.7 Å². The van der Waals surface area contributed by atoms with Crippen LogP contribution in [0.4, 0.5) is 0 Å². The minimum Gasteiger partial charge on any atom is -0.466 e. The fourth-order valence-corrected chi connectivity index (χ4v) is 2.07. The number of hydrogen-bond donors (Lipinski definition) is 0. The van der Waals surface area contributed by atoms with Gasteiger partial charge in [0.25, 0.3) is 0 Å². The zero-order chi connectivity index (χ0) is 16.1. The van der Waals surface area contributed by atoms with Crippen molar-refractivity contribution in [2.75, 3.05) is 7.11 Å². The quantitative estimate of drug-likeness (QED) is 0.544. The number of benzene rings is 2. The van der Waals surface area contributed by atoms with Crippen LogP contribution in [0.1, 0.15) is 5.56 Å². The maximum Gasteiger partial charge on any atom is 0.330 e. The topological polar surface area (TPSA) is 61.3 Å². The molecule has 2 aromatic carbocycles. The fraction of sp³-hybridized carbons (Fsp3) is 0.0556. The summed E-state index contributed by atoms with van der Waals surface area (Å²) in [5.41, 5.74) is 1.59. The van der Waals surface area contributed by atoms with Gasteiger partial charge in [-0.2, -0.15) is 0 Å². The number of esters is 1. The van der Waals surface area contributed by atoms with E-state index in [1.807, 2.05) is 48.5 Å². The van der Waals surface area contributed by atoms with Crippen molar-refractivity contribution in [2.24, 2.45) is 0 Å². The SMILES string of the molecule is COC(=O)C=Cc1ccc2ncnc(Oc3ccccc3)c2c1. The van der Waals surface area contributed by atoms with Gasteiger partial charge < -0.3 is 9.47 Å². The monoisotopic (exact) mass is 306 g/mol. The van der Waals surface area contributed by atoms with E-state index >= 15 is 0 Å². The van der Waals surface area contributed by atoms with Crippen molar-refractivity contribution in [1.82, 2.24) is 9.97 Å². The van der Waals surface area contributed by atoms with Gasteiger partial charge in [0.05, 0.1) is 18.0 Å². The number of methoxy groups -OCH3 is 1. The highest BCUT2D eigenvalue weighted by Crippen LogP contribution is 2.27. The molecule has 0 amide bonds. The predicted molar refractivity (Wildman–Crippen MR) is 87.1 cm³/mol. The molecule has 23 heavy (non-hydrogen) atoms. The second-order valence-corrected chi connectivity index (χ2v) is 4.73. The van der Waals surface area contributed by atoms with Gasteiger partial charge in [0, 0.05) is 6.08 Å². The summed E-state index contributed by atoms with van der Waals surface area (Å²) in [6.45, 7) is 0. The maximum absolute atomic E-state index is 11.2. The first-order valence-corrected chi connectivity index (χ1v) is 7.00. The molecule has 1 aromatic heterocycles. The van der Waals surface area contributed by atoms with Crippen molar-refractivity contribution in [3.05, 3.63) is 66.5 Å². The molecule has 0 atom stereocenters. The Balaban J connectivity index is 1.98. The molecule has 1 heterocycles. The number of carbonyl (C=O) groups is 1. The molecule has 3 aromatic rings. The third-order valence-corrected chi connectivity index (χ3v) is 3.19. The van der Waals surface area contributed by atoms with Gasteiger partial charge in [0.2, 0.25) is 5.88 Å². The van der Waals surface area contributed by atoms with E-state index in [0.29, 0.717) is 11.6 Å². The van der Waals surface area contributed by atoms with Crippen molar-refractivity contribution in [3.63, 3.8) is 0 Å². The van der Waals surface area contributed by atoms with E-state index in [1.165, 1.54) is 19.5 Å². The molecule has 5 heteroatoms. The molecule has 0 spiro atoms. The highest BCUT2D eigenvalue weighted by Gasteiger charge is 2.06. The van der Waals surface area contributed by atoms with Gasteiger partial charge in [-0.1, -0.05) is 24.3 Å². The Morgan fingerprint density at radius 1 is 1.09 bits per heavy atom. The van der Waals surface area contributed by atoms with Gasteiger partial charge in [-0.3, -0.25) is 0 Å². The first-order chi connectivity index (χ1) is 11.3. The van der Waals surface area contributed by atoms with Crippen LogP contribution in [0.2, 0.25) is 0 Å². The number of aromatic nitrogens is 2. The minimum atomic E-state index is -0.407. The van der Waals surface area contributed by atoms with Crippen LogP contribution in [-0.2, 0) is 9.53 Å². The summed E-state index contributed by atoms with van der Waals surface area (Å²) >= 11 is 0. The predicted octanol–water partition coefficient (Wildman–Crippen LogP) is 3.61. The van der Waals surface area contributed by atoms with Crippen LogP contribution < -0.4 is 4.74 Å². The molecule has 0 unspecified atom stereocenters. The summed E-state index contributed by atoms with van der Waals surface area (Å²) in [6.07, 6.45) is 4.50. The number of nitrogens with zero attached hydrogens (tertiary/aromatic N) is 2. The average molecular weight is 306 g/mol. The van der Waals surface area contributed by atoms with Crippen molar-refractivity contribution < 1.29 is 14.3 Å². The van der Waals surface area contributed by atoms with Gasteiger partial charge in [0.1, 0.15) is 12.1 Å². The molecule has 0 bridgehead atoms. The van der Waals surface area contributed by atoms with Crippen LogP contribution in [0.3, 0.4) is 0 Å². The second-order valence-electron chi connectivity index (χ2n) is 4.73. The van der Waals surface area contributed by atoms with E-state index in [1.54, 1.807) is 6.08 Å². The fourth-order valence-electron chi connectivity index (χ4n) is 2.07. The van der Waals surface area contributed by atoms with E-state index in [4.69, 9.17) is 4.74 Å². The lowest BCUT2D eigenvalue weighted by atomic mass is 10.1. The van der Waals surface area contributed by atoms with Crippen LogP contribution >= 0.6 is 0 Å². The first-order valence-electron chi connectivity index (χ1n) is 7.00. The molecular formula is C18H14N2O3. The maximum atomic E-state index is 11.2. The molecule has 3 rings (SSSR count). The van der Waals surface area contributed by atoms with E-state index in [9.17, 15) is 4.79 Å². The smallest absolute Gasteiger partial charge is 0.330 e. The van der Waals surface area contributed by atoms with Crippen molar-refractivity contribution in [1.29, 1.82) is 0 Å². The van der Waals surface area contributed by atoms with Gasteiger partial charge in [0.15, 0.2) is 0 Å². The van der Waals surface area contributed by atoms with Crippen molar-refractivity contribution in [2.45, 2.75) is 0 Å². The largest absolute Gasteiger partial charge is 0.466 e. The summed E-state index contributed by atoms with van der Waals surface area (Å²) in [5.74, 6) is 0.757. The highest BCUT2D eigenvalue weighted by atomic mass is 16.5. The Labute approximate surface area is 133 Å². The minimum absolute atomic E-state index is 0.407. The normalized spacial score (nSPS) is 10.8. The molecule has 0 aliphatic carbocycles. The average Bonchev–Trinajstić information content (AvgIpc) is 2.61. The Bertz CT molecular complexity index is 861. The number of ether oxygens (including phenoxy) is 2. The molecule has 0 N–H and O–H groups in total. The highest BCUT2D eigenvalue weighted by molar-refractivity contribution is 5.90. The number of carbonyl (C=O) groups excluding carboxylic acids is 1. The lowest BCUT2D eigenvalue weighted by Gasteiger charge is -2.07. The zero-order valence-electron chi connectivity index (χ0n) is 12.5. The van der Waals surface area contributed by atoms with E-state index in [0.717, 1.165) is 16.5 Å². The molecule has 114 valence electrons. The number of hydrogen-bond acceptors (Lipinski definition) is 5. The van der Waals surface area contributed by atoms with Crippen molar-refractivity contribution in [3.8, 4) is 11.6 Å². The van der Waals surface area contributed by atoms with Crippen LogP contribution in [0.25, 0.3) is 17.0 Å². The zero-order valence-corrected chi connectivity index (χ0v) is 12.5. The van der Waals surface area contributed by atoms with Gasteiger partial charge >= 0.3 is 5.97 Å². The lowest BCUT2D eigenvalue weighted by Crippen LogP contribution is -1.94. The Morgan fingerprint density at radius 2 is 1.91 bits per heavy atom. The molecule has 0 aliphatic rings. The summed E-state index contributed by atoms with van der Waals surface area (Å²) in [4.78, 5) is 19.6.